The molecular formula is C20H26IN5S. The van der Waals surface area contributed by atoms with Crippen LogP contribution >= 0.6 is 35.3 Å². The second-order valence-electron chi connectivity index (χ2n) is 6.25. The summed E-state index contributed by atoms with van der Waals surface area (Å²) in [4.78, 5) is 5.71. The van der Waals surface area contributed by atoms with E-state index in [1.54, 1.807) is 24.6 Å². The van der Waals surface area contributed by atoms with Crippen molar-refractivity contribution in [2.75, 3.05) is 13.6 Å². The Morgan fingerprint density at radius 1 is 1.19 bits per heavy atom. The van der Waals surface area contributed by atoms with E-state index in [0.29, 0.717) is 5.92 Å². The van der Waals surface area contributed by atoms with Crippen LogP contribution in [0, 0.1) is 0 Å². The van der Waals surface area contributed by atoms with Gasteiger partial charge in [0, 0.05) is 43.3 Å². The van der Waals surface area contributed by atoms with Crippen molar-refractivity contribution < 1.29 is 0 Å². The third-order valence-corrected chi connectivity index (χ3v) is 5.29. The first-order chi connectivity index (χ1) is 12.7. The van der Waals surface area contributed by atoms with Crippen molar-refractivity contribution in [2.24, 2.45) is 4.99 Å². The van der Waals surface area contributed by atoms with E-state index in [4.69, 9.17) is 0 Å². The molecule has 1 atom stereocenters. The van der Waals surface area contributed by atoms with Gasteiger partial charge in [0.15, 0.2) is 5.96 Å². The summed E-state index contributed by atoms with van der Waals surface area (Å²) in [6.45, 7) is 4.61. The quantitative estimate of drug-likeness (QED) is 0.295. The molecule has 0 bridgehead atoms. The molecule has 2 N–H and O–H groups in total. The third-order valence-electron chi connectivity index (χ3n) is 4.18. The van der Waals surface area contributed by atoms with Crippen LogP contribution in [0.3, 0.4) is 0 Å². The molecule has 2 heterocycles. The fourth-order valence-corrected chi connectivity index (χ4v) is 3.53. The van der Waals surface area contributed by atoms with Gasteiger partial charge in [0.1, 0.15) is 0 Å². The van der Waals surface area contributed by atoms with Gasteiger partial charge in [0.2, 0.25) is 0 Å². The molecule has 0 aliphatic rings. The fourth-order valence-electron chi connectivity index (χ4n) is 2.75. The number of thiophene rings is 1. The van der Waals surface area contributed by atoms with Crippen molar-refractivity contribution in [1.29, 1.82) is 0 Å². The van der Waals surface area contributed by atoms with Crippen LogP contribution in [0.5, 0.6) is 0 Å². The Hall–Kier alpha value is -1.87. The van der Waals surface area contributed by atoms with E-state index in [1.807, 2.05) is 16.9 Å². The highest BCUT2D eigenvalue weighted by Crippen LogP contribution is 2.19. The van der Waals surface area contributed by atoms with Crippen LogP contribution in [0.15, 0.2) is 65.2 Å². The Balaban J connectivity index is 0.00000261. The number of hydrogen-bond donors (Lipinski definition) is 2. The van der Waals surface area contributed by atoms with Gasteiger partial charge >= 0.3 is 0 Å². The second-order valence-corrected chi connectivity index (χ2v) is 7.23. The lowest BCUT2D eigenvalue weighted by Gasteiger charge is -2.15. The summed E-state index contributed by atoms with van der Waals surface area (Å²) in [5.74, 6) is 1.29. The zero-order valence-corrected chi connectivity index (χ0v) is 18.8. The average molecular weight is 495 g/mol. The zero-order chi connectivity index (χ0) is 18.2. The Kier molecular flexibility index (Phi) is 8.80. The fraction of sp³-hybridized carbons (Fsp3) is 0.300. The minimum absolute atomic E-state index is 0. The molecule has 0 amide bonds. The molecule has 1 aromatic carbocycles. The van der Waals surface area contributed by atoms with E-state index >= 15 is 0 Å². The summed E-state index contributed by atoms with van der Waals surface area (Å²) in [6.07, 6.45) is 3.78. The monoisotopic (exact) mass is 495 g/mol. The van der Waals surface area contributed by atoms with Crippen molar-refractivity contribution in [3.8, 4) is 0 Å². The predicted octanol–water partition coefficient (Wildman–Crippen LogP) is 4.08. The van der Waals surface area contributed by atoms with E-state index in [1.165, 1.54) is 16.0 Å². The molecule has 3 aromatic rings. The number of hydrogen-bond acceptors (Lipinski definition) is 3. The molecule has 0 aliphatic heterocycles. The highest BCUT2D eigenvalue weighted by atomic mass is 127. The summed E-state index contributed by atoms with van der Waals surface area (Å²) in [7, 11) is 1.80. The third kappa shape index (κ3) is 6.66. The normalized spacial score (nSPS) is 12.3. The molecule has 0 spiro atoms. The maximum absolute atomic E-state index is 4.32. The lowest BCUT2D eigenvalue weighted by molar-refractivity contribution is 0.685. The van der Waals surface area contributed by atoms with Crippen molar-refractivity contribution in [1.82, 2.24) is 20.4 Å². The molecule has 0 radical (unpaired) electrons. The lowest BCUT2D eigenvalue weighted by atomic mass is 10.1. The Labute approximate surface area is 181 Å². The van der Waals surface area contributed by atoms with Crippen LogP contribution in [-0.4, -0.2) is 29.3 Å². The highest BCUT2D eigenvalue weighted by molar-refractivity contribution is 14.0. The second kappa shape index (κ2) is 11.1. The molecule has 2 aromatic heterocycles. The molecule has 0 fully saturated rings. The van der Waals surface area contributed by atoms with Crippen LogP contribution in [0.1, 0.15) is 28.8 Å². The number of rotatable bonds is 7. The van der Waals surface area contributed by atoms with Gasteiger partial charge in [-0.15, -0.1) is 35.3 Å². The van der Waals surface area contributed by atoms with E-state index in [2.05, 4.69) is 69.4 Å². The van der Waals surface area contributed by atoms with Crippen LogP contribution in [0.4, 0.5) is 0 Å². The highest BCUT2D eigenvalue weighted by Gasteiger charge is 2.07. The van der Waals surface area contributed by atoms with Crippen molar-refractivity contribution in [3.05, 3.63) is 76.2 Å². The lowest BCUT2D eigenvalue weighted by Crippen LogP contribution is -2.38. The van der Waals surface area contributed by atoms with E-state index in [0.717, 1.165) is 25.6 Å². The molecule has 1 unspecified atom stereocenters. The average Bonchev–Trinajstić information content (AvgIpc) is 3.36. The van der Waals surface area contributed by atoms with Gasteiger partial charge in [-0.1, -0.05) is 37.3 Å². The molecule has 0 saturated heterocycles. The Morgan fingerprint density at radius 2 is 2.04 bits per heavy atom. The molecule has 3 rings (SSSR count). The molecule has 0 aliphatic carbocycles. The van der Waals surface area contributed by atoms with Gasteiger partial charge in [0.05, 0.1) is 6.54 Å². The van der Waals surface area contributed by atoms with Gasteiger partial charge in [-0.3, -0.25) is 9.67 Å². The summed E-state index contributed by atoms with van der Waals surface area (Å²) in [5, 5.41) is 13.2. The number of benzene rings is 1. The van der Waals surface area contributed by atoms with Gasteiger partial charge in [-0.2, -0.15) is 5.10 Å². The molecule has 0 saturated carbocycles. The Morgan fingerprint density at radius 3 is 2.74 bits per heavy atom. The van der Waals surface area contributed by atoms with Gasteiger partial charge in [0.25, 0.3) is 0 Å². The summed E-state index contributed by atoms with van der Waals surface area (Å²) in [6, 6.07) is 14.8. The number of nitrogens with zero attached hydrogens (tertiary/aromatic N) is 3. The largest absolute Gasteiger partial charge is 0.356 e. The summed E-state index contributed by atoms with van der Waals surface area (Å²) in [5.41, 5.74) is 2.46. The minimum Gasteiger partial charge on any atom is -0.356 e. The first-order valence-corrected chi connectivity index (χ1v) is 9.65. The van der Waals surface area contributed by atoms with E-state index in [-0.39, 0.29) is 24.0 Å². The predicted molar refractivity (Wildman–Crippen MR) is 124 cm³/mol. The molecule has 27 heavy (non-hydrogen) atoms. The molecule has 144 valence electrons. The van der Waals surface area contributed by atoms with Crippen molar-refractivity contribution in [3.63, 3.8) is 0 Å². The van der Waals surface area contributed by atoms with Crippen LogP contribution in [0.2, 0.25) is 0 Å². The van der Waals surface area contributed by atoms with Gasteiger partial charge < -0.3 is 10.6 Å². The molecule has 7 heteroatoms. The first-order valence-electron chi connectivity index (χ1n) is 8.78. The van der Waals surface area contributed by atoms with Crippen molar-refractivity contribution in [2.45, 2.75) is 25.9 Å². The first kappa shape index (κ1) is 21.4. The summed E-state index contributed by atoms with van der Waals surface area (Å²) >= 11 is 1.80. The number of aliphatic imine (C=N–C) groups is 1. The van der Waals surface area contributed by atoms with Crippen LogP contribution < -0.4 is 10.6 Å². The smallest absolute Gasteiger partial charge is 0.191 e. The van der Waals surface area contributed by atoms with Crippen molar-refractivity contribution >= 4 is 41.3 Å². The SMILES string of the molecule is CN=C(NCc1cccc(Cn2cccn2)c1)NCC(C)c1cccs1.I. The van der Waals surface area contributed by atoms with Gasteiger partial charge in [-0.05, 0) is 28.6 Å². The minimum atomic E-state index is 0. The summed E-state index contributed by atoms with van der Waals surface area (Å²) < 4.78 is 1.93. The zero-order valence-electron chi connectivity index (χ0n) is 15.6. The van der Waals surface area contributed by atoms with Crippen LogP contribution in [-0.2, 0) is 13.1 Å². The maximum atomic E-state index is 4.32. The maximum Gasteiger partial charge on any atom is 0.191 e. The number of halogens is 1. The van der Waals surface area contributed by atoms with Crippen LogP contribution in [0.25, 0.3) is 0 Å². The number of guanidine groups is 1. The standard InChI is InChI=1S/C20H25N5S.HI/c1-16(19-8-4-11-26-19)13-22-20(21-2)23-14-17-6-3-7-18(12-17)15-25-10-5-9-24-25;/h3-12,16H,13-15H2,1-2H3,(H2,21,22,23);1H. The van der Waals surface area contributed by atoms with E-state index < -0.39 is 0 Å². The Bertz CT molecular complexity index is 815. The number of aromatic nitrogens is 2. The number of nitrogens with one attached hydrogen (secondary N) is 2. The van der Waals surface area contributed by atoms with E-state index in [9.17, 15) is 0 Å². The van der Waals surface area contributed by atoms with Gasteiger partial charge in [-0.25, -0.2) is 0 Å². The topological polar surface area (TPSA) is 54.2 Å². The molecule has 5 nitrogen and oxygen atoms in total. The molecular weight excluding hydrogens is 469 g/mol.